The fourth-order valence-electron chi connectivity index (χ4n) is 0.769. The van der Waals surface area contributed by atoms with Gasteiger partial charge in [-0.1, -0.05) is 0 Å². The highest BCUT2D eigenvalue weighted by atomic mass is 16.5. The Morgan fingerprint density at radius 3 is 2.55 bits per heavy atom. The summed E-state index contributed by atoms with van der Waals surface area (Å²) < 4.78 is 9.84. The van der Waals surface area contributed by atoms with Crippen LogP contribution in [-0.2, 0) is 0 Å². The maximum absolute atomic E-state index is 5.58. The molecule has 0 aliphatic heterocycles. The predicted molar refractivity (Wildman–Crippen MR) is 42.8 cm³/mol. The van der Waals surface area contributed by atoms with Crippen LogP contribution in [0.2, 0.25) is 0 Å². The minimum atomic E-state index is 0.558. The highest BCUT2D eigenvalue weighted by Gasteiger charge is 1.99. The van der Waals surface area contributed by atoms with Crippen LogP contribution in [0.5, 0.6) is 11.5 Å². The van der Waals surface area contributed by atoms with Gasteiger partial charge in [-0.2, -0.15) is 0 Å². The molecule has 0 amide bonds. The summed E-state index contributed by atoms with van der Waals surface area (Å²) in [4.78, 5) is 0. The molecule has 0 saturated carbocycles. The topological polar surface area (TPSA) is 44.5 Å². The van der Waals surface area contributed by atoms with Crippen LogP contribution in [0.15, 0.2) is 12.1 Å². The number of methoxy groups -OCH3 is 2. The molecule has 59 valence electrons. The second-order valence-corrected chi connectivity index (χ2v) is 2.03. The minimum absolute atomic E-state index is 0.558. The molecule has 0 atom stereocenters. The number of benzene rings is 1. The number of nitrogens with two attached hydrogens (primary N) is 1. The Morgan fingerprint density at radius 2 is 2.09 bits per heavy atom. The first kappa shape index (κ1) is 7.72. The number of hydrogen-bond acceptors (Lipinski definition) is 3. The second-order valence-electron chi connectivity index (χ2n) is 2.03. The lowest BCUT2D eigenvalue weighted by Gasteiger charge is -2.04. The summed E-state index contributed by atoms with van der Waals surface area (Å²) >= 11 is 0. The summed E-state index contributed by atoms with van der Waals surface area (Å²) in [5, 5.41) is 0. The van der Waals surface area contributed by atoms with Crippen molar-refractivity contribution in [1.82, 2.24) is 0 Å². The zero-order chi connectivity index (χ0) is 8.27. The lowest BCUT2D eigenvalue weighted by molar-refractivity contribution is 0.404. The van der Waals surface area contributed by atoms with Gasteiger partial charge >= 0.3 is 0 Å². The van der Waals surface area contributed by atoms with Gasteiger partial charge in [0.25, 0.3) is 0 Å². The standard InChI is InChI=1S/C8H10NO2/c1-10-6-3-4-8(11-2)7(9)5-6/h4-5H,9H2,1-2H3. The molecule has 0 saturated heterocycles. The predicted octanol–water partition coefficient (Wildman–Crippen LogP) is 1.09. The van der Waals surface area contributed by atoms with Gasteiger partial charge in [0.05, 0.1) is 19.9 Å². The highest BCUT2D eigenvalue weighted by Crippen LogP contribution is 2.24. The van der Waals surface area contributed by atoms with E-state index in [4.69, 9.17) is 15.2 Å². The molecule has 0 bridgehead atoms. The average molecular weight is 152 g/mol. The van der Waals surface area contributed by atoms with E-state index >= 15 is 0 Å². The lowest BCUT2D eigenvalue weighted by Crippen LogP contribution is -1.93. The molecule has 3 heteroatoms. The van der Waals surface area contributed by atoms with Crippen LogP contribution in [0.4, 0.5) is 5.69 Å². The van der Waals surface area contributed by atoms with Gasteiger partial charge in [0.2, 0.25) is 0 Å². The Balaban J connectivity index is 2.99. The Kier molecular flexibility index (Phi) is 2.21. The van der Waals surface area contributed by atoms with Crippen LogP contribution in [0.1, 0.15) is 0 Å². The van der Waals surface area contributed by atoms with Crippen molar-refractivity contribution in [2.45, 2.75) is 0 Å². The van der Waals surface area contributed by atoms with Gasteiger partial charge in [-0.15, -0.1) is 0 Å². The van der Waals surface area contributed by atoms with Crippen molar-refractivity contribution in [2.24, 2.45) is 0 Å². The summed E-state index contributed by atoms with van der Waals surface area (Å²) in [6.07, 6.45) is 0. The van der Waals surface area contributed by atoms with Crippen LogP contribution >= 0.6 is 0 Å². The highest BCUT2D eigenvalue weighted by molar-refractivity contribution is 5.55. The molecule has 1 rings (SSSR count). The summed E-state index contributed by atoms with van der Waals surface area (Å²) in [7, 11) is 3.13. The lowest BCUT2D eigenvalue weighted by atomic mass is 10.3. The molecule has 0 spiro atoms. The molecule has 2 N–H and O–H groups in total. The van der Waals surface area contributed by atoms with E-state index in [1.807, 2.05) is 0 Å². The van der Waals surface area contributed by atoms with Gasteiger partial charge in [-0.25, -0.2) is 0 Å². The van der Waals surface area contributed by atoms with E-state index in [0.717, 1.165) is 0 Å². The van der Waals surface area contributed by atoms with Gasteiger partial charge in [0.1, 0.15) is 11.5 Å². The molecule has 0 unspecified atom stereocenters. The maximum Gasteiger partial charge on any atom is 0.142 e. The maximum atomic E-state index is 5.58. The molecule has 0 aliphatic rings. The largest absolute Gasteiger partial charge is 0.496 e. The van der Waals surface area contributed by atoms with Crippen molar-refractivity contribution in [3.63, 3.8) is 0 Å². The normalized spacial score (nSPS) is 9.27. The second kappa shape index (κ2) is 3.14. The van der Waals surface area contributed by atoms with Crippen LogP contribution in [0.3, 0.4) is 0 Å². The number of anilines is 1. The Hall–Kier alpha value is -1.38. The van der Waals surface area contributed by atoms with E-state index in [1.54, 1.807) is 26.4 Å². The van der Waals surface area contributed by atoms with Crippen molar-refractivity contribution in [3.05, 3.63) is 18.2 Å². The monoisotopic (exact) mass is 152 g/mol. The first-order chi connectivity index (χ1) is 5.27. The van der Waals surface area contributed by atoms with Crippen molar-refractivity contribution in [1.29, 1.82) is 0 Å². The van der Waals surface area contributed by atoms with Crippen molar-refractivity contribution < 1.29 is 9.47 Å². The first-order valence-electron chi connectivity index (χ1n) is 3.17. The molecule has 3 nitrogen and oxygen atoms in total. The summed E-state index contributed by atoms with van der Waals surface area (Å²) in [5.41, 5.74) is 6.14. The van der Waals surface area contributed by atoms with E-state index in [0.29, 0.717) is 17.2 Å². The fraction of sp³-hybridized carbons (Fsp3) is 0.250. The van der Waals surface area contributed by atoms with E-state index in [-0.39, 0.29) is 0 Å². The molecular weight excluding hydrogens is 142 g/mol. The first-order valence-corrected chi connectivity index (χ1v) is 3.17. The quantitative estimate of drug-likeness (QED) is 0.645. The van der Waals surface area contributed by atoms with E-state index in [9.17, 15) is 0 Å². The third-order valence-corrected chi connectivity index (χ3v) is 1.36. The smallest absolute Gasteiger partial charge is 0.142 e. The third kappa shape index (κ3) is 1.55. The van der Waals surface area contributed by atoms with Crippen LogP contribution in [0, 0.1) is 6.07 Å². The molecule has 11 heavy (non-hydrogen) atoms. The SMILES string of the molecule is COc1[c]cc(OC)c(N)c1. The molecule has 0 heterocycles. The molecule has 0 aliphatic carbocycles. The van der Waals surface area contributed by atoms with Crippen molar-refractivity contribution in [2.75, 3.05) is 20.0 Å². The zero-order valence-electron chi connectivity index (χ0n) is 6.55. The van der Waals surface area contributed by atoms with E-state index in [2.05, 4.69) is 6.07 Å². The summed E-state index contributed by atoms with van der Waals surface area (Å²) in [6.45, 7) is 0. The number of rotatable bonds is 2. The number of hydrogen-bond donors (Lipinski definition) is 1. The van der Waals surface area contributed by atoms with Gasteiger partial charge in [-0.3, -0.25) is 0 Å². The fourth-order valence-corrected chi connectivity index (χ4v) is 0.769. The minimum Gasteiger partial charge on any atom is -0.496 e. The Morgan fingerprint density at radius 1 is 1.36 bits per heavy atom. The van der Waals surface area contributed by atoms with Gasteiger partial charge in [-0.05, 0) is 6.07 Å². The van der Waals surface area contributed by atoms with Crippen molar-refractivity contribution in [3.8, 4) is 11.5 Å². The average Bonchev–Trinajstić information content (AvgIpc) is 2.04. The Labute approximate surface area is 65.7 Å². The molecule has 1 aromatic carbocycles. The molecular formula is C8H10NO2. The van der Waals surface area contributed by atoms with E-state index < -0.39 is 0 Å². The molecule has 0 aromatic heterocycles. The number of nitrogen functional groups attached to an aromatic ring is 1. The van der Waals surface area contributed by atoms with Gasteiger partial charge in [0.15, 0.2) is 0 Å². The van der Waals surface area contributed by atoms with Crippen LogP contribution in [-0.4, -0.2) is 14.2 Å². The summed E-state index contributed by atoms with van der Waals surface area (Å²) in [6, 6.07) is 6.16. The van der Waals surface area contributed by atoms with E-state index in [1.165, 1.54) is 0 Å². The molecule has 1 radical (unpaired) electrons. The molecule has 0 fully saturated rings. The Bertz CT molecular complexity index is 248. The third-order valence-electron chi connectivity index (χ3n) is 1.36. The number of ether oxygens (including phenoxy) is 2. The van der Waals surface area contributed by atoms with Gasteiger partial charge < -0.3 is 15.2 Å². The van der Waals surface area contributed by atoms with Crippen LogP contribution < -0.4 is 15.2 Å². The van der Waals surface area contributed by atoms with Crippen LogP contribution in [0.25, 0.3) is 0 Å². The van der Waals surface area contributed by atoms with Crippen molar-refractivity contribution >= 4 is 5.69 Å². The van der Waals surface area contributed by atoms with Gasteiger partial charge in [0, 0.05) is 12.1 Å². The molecule has 1 aromatic rings. The summed E-state index contributed by atoms with van der Waals surface area (Å²) in [5.74, 6) is 1.23. The zero-order valence-corrected chi connectivity index (χ0v) is 6.55.